The third-order valence-corrected chi connectivity index (χ3v) is 6.53. The van der Waals surface area contributed by atoms with E-state index in [1.54, 1.807) is 11.6 Å². The molecule has 30 heavy (non-hydrogen) atoms. The molecular weight excluding hydrogens is 378 g/mol. The van der Waals surface area contributed by atoms with Crippen LogP contribution in [0.25, 0.3) is 5.69 Å². The molecular formula is C24H31N3O3. The predicted octanol–water partition coefficient (Wildman–Crippen LogP) is 4.68. The van der Waals surface area contributed by atoms with Crippen molar-refractivity contribution in [3.8, 4) is 5.69 Å². The van der Waals surface area contributed by atoms with Crippen molar-refractivity contribution in [3.05, 3.63) is 47.3 Å². The molecule has 1 aromatic heterocycles. The molecule has 0 N–H and O–H groups in total. The molecule has 2 aromatic rings. The van der Waals surface area contributed by atoms with E-state index < -0.39 is 0 Å². The topological polar surface area (TPSA) is 64.4 Å². The van der Waals surface area contributed by atoms with Crippen LogP contribution >= 0.6 is 0 Å². The number of esters is 1. The summed E-state index contributed by atoms with van der Waals surface area (Å²) in [5, 5.41) is 4.35. The van der Waals surface area contributed by atoms with Gasteiger partial charge in [-0.3, -0.25) is 4.79 Å². The number of carbonyl (C=O) groups excluding carboxylic acids is 2. The minimum atomic E-state index is -0.364. The number of carbonyl (C=O) groups is 2. The smallest absolute Gasteiger partial charge is 0.341 e. The molecule has 2 aliphatic carbocycles. The summed E-state index contributed by atoms with van der Waals surface area (Å²) in [5.74, 6) is -0.207. The highest BCUT2D eigenvalue weighted by atomic mass is 16.5. The zero-order valence-electron chi connectivity index (χ0n) is 18.0. The molecule has 0 atom stereocenters. The summed E-state index contributed by atoms with van der Waals surface area (Å²) in [6, 6.07) is 8.37. The fourth-order valence-electron chi connectivity index (χ4n) is 4.97. The van der Waals surface area contributed by atoms with E-state index in [-0.39, 0.29) is 11.9 Å². The van der Waals surface area contributed by atoms with Crippen LogP contribution in [0.4, 0.5) is 0 Å². The zero-order valence-corrected chi connectivity index (χ0v) is 18.0. The van der Waals surface area contributed by atoms with Crippen LogP contribution in [0.1, 0.15) is 84.7 Å². The molecule has 1 amide bonds. The molecule has 0 spiro atoms. The molecule has 0 bridgehead atoms. The van der Waals surface area contributed by atoms with E-state index in [0.717, 1.165) is 42.6 Å². The first-order chi connectivity index (χ1) is 14.6. The van der Waals surface area contributed by atoms with Crippen molar-refractivity contribution in [2.75, 3.05) is 6.61 Å². The Morgan fingerprint density at radius 3 is 2.13 bits per heavy atom. The predicted molar refractivity (Wildman–Crippen MR) is 115 cm³/mol. The molecule has 1 aromatic carbocycles. The Morgan fingerprint density at radius 1 is 1.03 bits per heavy atom. The number of hydrogen-bond acceptors (Lipinski definition) is 4. The van der Waals surface area contributed by atoms with E-state index in [9.17, 15) is 9.59 Å². The van der Waals surface area contributed by atoms with Crippen LogP contribution in [0.2, 0.25) is 0 Å². The maximum atomic E-state index is 13.4. The van der Waals surface area contributed by atoms with Crippen molar-refractivity contribution in [1.82, 2.24) is 14.7 Å². The fourth-order valence-corrected chi connectivity index (χ4v) is 4.97. The van der Waals surface area contributed by atoms with Gasteiger partial charge in [-0.25, -0.2) is 9.48 Å². The summed E-state index contributed by atoms with van der Waals surface area (Å²) in [6.45, 7) is 3.97. The van der Waals surface area contributed by atoms with E-state index in [0.29, 0.717) is 24.3 Å². The maximum absolute atomic E-state index is 13.4. The van der Waals surface area contributed by atoms with Gasteiger partial charge < -0.3 is 9.64 Å². The molecule has 2 fully saturated rings. The second-order valence-electron chi connectivity index (χ2n) is 8.41. The number of nitrogens with zero attached hydrogens (tertiary/aromatic N) is 3. The van der Waals surface area contributed by atoms with Crippen LogP contribution in [0.5, 0.6) is 0 Å². The molecule has 6 nitrogen and oxygen atoms in total. The molecule has 2 saturated carbocycles. The standard InChI is InChI=1S/C24H31N3O3/c1-3-30-24(29)22-16-25-27(17(22)2)21-14-12-18(13-15-21)23(28)26(19-8-4-5-9-19)20-10-6-7-11-20/h12-16,19-20H,3-11H2,1-2H3. The summed E-state index contributed by atoms with van der Waals surface area (Å²) in [6.07, 6.45) is 10.9. The Bertz CT molecular complexity index is 875. The summed E-state index contributed by atoms with van der Waals surface area (Å²) in [4.78, 5) is 27.7. The number of aromatic nitrogens is 2. The molecule has 1 heterocycles. The number of rotatable bonds is 6. The lowest BCUT2D eigenvalue weighted by Gasteiger charge is -2.34. The van der Waals surface area contributed by atoms with Crippen molar-refractivity contribution in [2.45, 2.75) is 77.3 Å². The summed E-state index contributed by atoms with van der Waals surface area (Å²) in [5.41, 5.74) is 2.75. The second kappa shape index (κ2) is 9.02. The lowest BCUT2D eigenvalue weighted by molar-refractivity contribution is 0.0524. The lowest BCUT2D eigenvalue weighted by atomic mass is 10.1. The highest BCUT2D eigenvalue weighted by Crippen LogP contribution is 2.33. The van der Waals surface area contributed by atoms with Gasteiger partial charge in [-0.1, -0.05) is 25.7 Å². The van der Waals surface area contributed by atoms with Crippen LogP contribution in [-0.4, -0.2) is 45.2 Å². The first-order valence-corrected chi connectivity index (χ1v) is 11.2. The first kappa shape index (κ1) is 20.6. The van der Waals surface area contributed by atoms with Gasteiger partial charge in [-0.15, -0.1) is 0 Å². The molecule has 0 aliphatic heterocycles. The van der Waals surface area contributed by atoms with Gasteiger partial charge in [0.25, 0.3) is 5.91 Å². The van der Waals surface area contributed by atoms with Crippen LogP contribution in [0.3, 0.4) is 0 Å². The van der Waals surface area contributed by atoms with Crippen LogP contribution in [0, 0.1) is 6.92 Å². The number of ether oxygens (including phenoxy) is 1. The quantitative estimate of drug-likeness (QED) is 0.650. The molecule has 0 saturated heterocycles. The molecule has 4 rings (SSSR count). The average molecular weight is 410 g/mol. The fraction of sp³-hybridized carbons (Fsp3) is 0.542. The van der Waals surface area contributed by atoms with Gasteiger partial charge in [0.15, 0.2) is 0 Å². The summed E-state index contributed by atoms with van der Waals surface area (Å²) in [7, 11) is 0. The van der Waals surface area contributed by atoms with Gasteiger partial charge >= 0.3 is 5.97 Å². The third kappa shape index (κ3) is 4.00. The second-order valence-corrected chi connectivity index (χ2v) is 8.41. The molecule has 6 heteroatoms. The van der Waals surface area contributed by atoms with Crippen LogP contribution in [0.15, 0.2) is 30.5 Å². The number of amides is 1. The molecule has 0 unspecified atom stereocenters. The molecule has 2 aliphatic rings. The van der Waals surface area contributed by atoms with E-state index in [1.807, 2.05) is 31.2 Å². The SMILES string of the molecule is CCOC(=O)c1cnn(-c2ccc(C(=O)N(C3CCCC3)C3CCCC3)cc2)c1C. The first-order valence-electron chi connectivity index (χ1n) is 11.2. The van der Waals surface area contributed by atoms with Gasteiger partial charge in [0, 0.05) is 17.6 Å². The molecule has 0 radical (unpaired) electrons. The van der Waals surface area contributed by atoms with Gasteiger partial charge in [0.1, 0.15) is 5.56 Å². The number of hydrogen-bond donors (Lipinski definition) is 0. The normalized spacial score (nSPS) is 17.4. The summed E-state index contributed by atoms with van der Waals surface area (Å²) < 4.78 is 6.80. The van der Waals surface area contributed by atoms with E-state index in [1.165, 1.54) is 31.9 Å². The Hall–Kier alpha value is -2.63. The Morgan fingerprint density at radius 2 is 1.60 bits per heavy atom. The van der Waals surface area contributed by atoms with E-state index >= 15 is 0 Å². The van der Waals surface area contributed by atoms with Gasteiger partial charge in [-0.2, -0.15) is 5.10 Å². The minimum absolute atomic E-state index is 0.157. The van der Waals surface area contributed by atoms with Gasteiger partial charge in [0.05, 0.1) is 24.2 Å². The van der Waals surface area contributed by atoms with Gasteiger partial charge in [0.2, 0.25) is 0 Å². The van der Waals surface area contributed by atoms with Gasteiger partial charge in [-0.05, 0) is 63.8 Å². The third-order valence-electron chi connectivity index (χ3n) is 6.53. The molecule has 160 valence electrons. The van der Waals surface area contributed by atoms with Crippen LogP contribution < -0.4 is 0 Å². The average Bonchev–Trinajstić information content (AvgIpc) is 3.51. The van der Waals surface area contributed by atoms with Crippen molar-refractivity contribution >= 4 is 11.9 Å². The van der Waals surface area contributed by atoms with E-state index in [2.05, 4.69) is 10.00 Å². The minimum Gasteiger partial charge on any atom is -0.462 e. The highest BCUT2D eigenvalue weighted by molar-refractivity contribution is 5.95. The van der Waals surface area contributed by atoms with Crippen molar-refractivity contribution < 1.29 is 14.3 Å². The Balaban J connectivity index is 1.55. The Kier molecular flexibility index (Phi) is 6.21. The lowest BCUT2D eigenvalue weighted by Crippen LogP contribution is -2.45. The van der Waals surface area contributed by atoms with E-state index in [4.69, 9.17) is 4.74 Å². The largest absolute Gasteiger partial charge is 0.462 e. The highest BCUT2D eigenvalue weighted by Gasteiger charge is 2.34. The van der Waals surface area contributed by atoms with Crippen molar-refractivity contribution in [3.63, 3.8) is 0 Å². The summed E-state index contributed by atoms with van der Waals surface area (Å²) >= 11 is 0. The van der Waals surface area contributed by atoms with Crippen molar-refractivity contribution in [1.29, 1.82) is 0 Å². The van der Waals surface area contributed by atoms with Crippen LogP contribution in [-0.2, 0) is 4.74 Å². The van der Waals surface area contributed by atoms with Crippen molar-refractivity contribution in [2.24, 2.45) is 0 Å². The maximum Gasteiger partial charge on any atom is 0.341 e. The zero-order chi connectivity index (χ0) is 21.1. The Labute approximate surface area is 178 Å². The monoisotopic (exact) mass is 409 g/mol. The number of benzene rings is 1.